The zero-order valence-electron chi connectivity index (χ0n) is 15.5. The van der Waals surface area contributed by atoms with Crippen LogP contribution in [0.15, 0.2) is 0 Å². The van der Waals surface area contributed by atoms with Gasteiger partial charge < -0.3 is 29.5 Å². The van der Waals surface area contributed by atoms with Crippen molar-refractivity contribution in [3.8, 4) is 0 Å². The summed E-state index contributed by atoms with van der Waals surface area (Å²) in [6.07, 6.45) is 0. The predicted molar refractivity (Wildman–Crippen MR) is 83.6 cm³/mol. The molecule has 0 atom stereocenters. The molecule has 0 aromatic carbocycles. The predicted octanol–water partition coefficient (Wildman–Crippen LogP) is -1.07. The number of rotatable bonds is 6. The van der Waals surface area contributed by atoms with Crippen LogP contribution < -0.4 is 15.3 Å². The van der Waals surface area contributed by atoms with Crippen molar-refractivity contribution >= 4 is 26.2 Å². The summed E-state index contributed by atoms with van der Waals surface area (Å²) in [5.41, 5.74) is -2.77. The minimum absolute atomic E-state index is 0. The van der Waals surface area contributed by atoms with Crippen LogP contribution in [0.4, 0.5) is 0 Å². The molecule has 0 aliphatic rings. The van der Waals surface area contributed by atoms with Crippen molar-refractivity contribution in [2.75, 3.05) is 41.2 Å². The van der Waals surface area contributed by atoms with E-state index in [0.29, 0.717) is 0 Å². The molecule has 0 bridgehead atoms. The minimum atomic E-state index is -0.922. The molecular weight excluding hydrogens is 485 g/mol. The first-order valence-electron chi connectivity index (χ1n) is 6.76. The molecule has 0 fully saturated rings. The molecule has 0 N–H and O–H groups in total. The van der Waals surface area contributed by atoms with E-state index in [1.54, 1.807) is 41.5 Å². The summed E-state index contributed by atoms with van der Waals surface area (Å²) in [5.74, 6) is 0. The van der Waals surface area contributed by atoms with Crippen molar-refractivity contribution in [3.05, 3.63) is 0 Å². The first kappa shape index (κ1) is 30.5. The number of ether oxygens (including phenoxy) is 3. The van der Waals surface area contributed by atoms with Crippen molar-refractivity contribution in [2.45, 2.75) is 58.3 Å². The molecule has 134 valence electrons. The Bertz CT molecular complexity index is 178. The fourth-order valence-corrected chi connectivity index (χ4v) is 1.04. The van der Waals surface area contributed by atoms with E-state index in [2.05, 4.69) is 14.2 Å². The average molecular weight is 518 g/mol. The van der Waals surface area contributed by atoms with Gasteiger partial charge in [0, 0.05) is 41.2 Å². The molecule has 0 aromatic heterocycles. The standard InChI is InChI=1S/3C5H11O2.Bi/c3*1-5(2,6)4-7-3;/h3*4H2,1-3H3;/q3*-1;+3. The largest absolute Gasteiger partial charge is 3.00 e. The van der Waals surface area contributed by atoms with Crippen molar-refractivity contribution in [1.82, 2.24) is 0 Å². The van der Waals surface area contributed by atoms with Gasteiger partial charge in [-0.05, 0) is 0 Å². The third-order valence-electron chi connectivity index (χ3n) is 1.48. The minimum Gasteiger partial charge on any atom is -0.848 e. The summed E-state index contributed by atoms with van der Waals surface area (Å²) in [6, 6.07) is 0. The Balaban J connectivity index is -0.000000108. The number of hydrogen-bond acceptors (Lipinski definition) is 6. The summed E-state index contributed by atoms with van der Waals surface area (Å²) >= 11 is 0. The Labute approximate surface area is 155 Å². The van der Waals surface area contributed by atoms with Crippen LogP contribution >= 0.6 is 0 Å². The Kier molecular flexibility index (Phi) is 21.1. The first-order chi connectivity index (χ1) is 9.18. The first-order valence-corrected chi connectivity index (χ1v) is 6.76. The summed E-state index contributed by atoms with van der Waals surface area (Å²) in [7, 11) is 4.58. The topological polar surface area (TPSA) is 96.9 Å². The Morgan fingerprint density at radius 3 is 0.682 bits per heavy atom. The van der Waals surface area contributed by atoms with Gasteiger partial charge in [-0.15, -0.1) is 0 Å². The molecule has 2 radical (unpaired) electrons. The van der Waals surface area contributed by atoms with E-state index in [4.69, 9.17) is 0 Å². The second kappa shape index (κ2) is 15.2. The molecule has 7 heteroatoms. The Morgan fingerprint density at radius 1 is 0.545 bits per heavy atom. The Morgan fingerprint density at radius 2 is 0.682 bits per heavy atom. The molecule has 0 spiro atoms. The fourth-order valence-electron chi connectivity index (χ4n) is 1.04. The van der Waals surface area contributed by atoms with Crippen molar-refractivity contribution in [2.24, 2.45) is 0 Å². The third kappa shape index (κ3) is 49.8. The zero-order chi connectivity index (χ0) is 17.7. The molecule has 0 unspecified atom stereocenters. The maximum absolute atomic E-state index is 10.6. The molecule has 0 aliphatic carbocycles. The third-order valence-corrected chi connectivity index (χ3v) is 1.48. The molecule has 22 heavy (non-hydrogen) atoms. The van der Waals surface area contributed by atoms with E-state index in [0.717, 1.165) is 0 Å². The van der Waals surface area contributed by atoms with Gasteiger partial charge in [0.25, 0.3) is 0 Å². The van der Waals surface area contributed by atoms with Gasteiger partial charge in [0.1, 0.15) is 0 Å². The van der Waals surface area contributed by atoms with Gasteiger partial charge in [-0.3, -0.25) is 0 Å². The second-order valence-corrected chi connectivity index (χ2v) is 6.58. The van der Waals surface area contributed by atoms with Gasteiger partial charge in [0.05, 0.1) is 0 Å². The van der Waals surface area contributed by atoms with E-state index in [1.165, 1.54) is 21.3 Å². The summed E-state index contributed by atoms with van der Waals surface area (Å²) in [4.78, 5) is 0. The molecular formula is C15H33BiO6. The second-order valence-electron chi connectivity index (χ2n) is 6.58. The van der Waals surface area contributed by atoms with Gasteiger partial charge in [-0.1, -0.05) is 58.3 Å². The van der Waals surface area contributed by atoms with Crippen molar-refractivity contribution in [1.29, 1.82) is 0 Å². The van der Waals surface area contributed by atoms with E-state index >= 15 is 0 Å². The molecule has 0 heterocycles. The van der Waals surface area contributed by atoms with Crippen LogP contribution in [0.5, 0.6) is 0 Å². The summed E-state index contributed by atoms with van der Waals surface area (Å²) < 4.78 is 13.8. The van der Waals surface area contributed by atoms with Crippen LogP contribution in [0.2, 0.25) is 0 Å². The molecule has 0 saturated heterocycles. The quantitative estimate of drug-likeness (QED) is 0.416. The molecule has 0 rings (SSSR count). The van der Waals surface area contributed by atoms with Crippen LogP contribution in [-0.4, -0.2) is 84.2 Å². The summed E-state index contributed by atoms with van der Waals surface area (Å²) in [6.45, 7) is 10.4. The van der Waals surface area contributed by atoms with E-state index in [9.17, 15) is 15.3 Å². The van der Waals surface area contributed by atoms with Crippen LogP contribution in [0.25, 0.3) is 0 Å². The fraction of sp³-hybridized carbons (Fsp3) is 1.00. The SMILES string of the molecule is COCC(C)(C)[O-].COCC(C)(C)[O-].COCC(C)(C)[O-].[Bi+3]. The molecule has 0 aromatic rings. The average Bonchev–Trinajstić information content (AvgIpc) is 2.12. The van der Waals surface area contributed by atoms with Gasteiger partial charge in [-0.25, -0.2) is 0 Å². The van der Waals surface area contributed by atoms with Gasteiger partial charge >= 0.3 is 26.2 Å². The Hall–Kier alpha value is 0.643. The molecule has 6 nitrogen and oxygen atoms in total. The van der Waals surface area contributed by atoms with Gasteiger partial charge in [0.2, 0.25) is 0 Å². The summed E-state index contributed by atoms with van der Waals surface area (Å²) in [5, 5.41) is 31.7. The van der Waals surface area contributed by atoms with Crippen molar-refractivity contribution in [3.63, 3.8) is 0 Å². The molecule has 0 aliphatic heterocycles. The van der Waals surface area contributed by atoms with Crippen molar-refractivity contribution < 1.29 is 29.5 Å². The van der Waals surface area contributed by atoms with Gasteiger partial charge in [0.15, 0.2) is 0 Å². The van der Waals surface area contributed by atoms with Crippen LogP contribution in [0.3, 0.4) is 0 Å². The number of hydrogen-bond donors (Lipinski definition) is 0. The molecule has 0 saturated carbocycles. The van der Waals surface area contributed by atoms with Crippen LogP contribution in [-0.2, 0) is 14.2 Å². The maximum atomic E-state index is 10.6. The smallest absolute Gasteiger partial charge is 0.848 e. The van der Waals surface area contributed by atoms with Crippen LogP contribution in [0, 0.1) is 0 Å². The van der Waals surface area contributed by atoms with E-state index in [1.807, 2.05) is 0 Å². The van der Waals surface area contributed by atoms with E-state index < -0.39 is 16.8 Å². The maximum Gasteiger partial charge on any atom is 3.00 e. The van der Waals surface area contributed by atoms with E-state index in [-0.39, 0.29) is 46.0 Å². The monoisotopic (exact) mass is 518 g/mol. The zero-order valence-corrected chi connectivity index (χ0v) is 19.0. The normalized spacial score (nSPS) is 11.5. The van der Waals surface area contributed by atoms with Crippen LogP contribution in [0.1, 0.15) is 41.5 Å². The molecule has 0 amide bonds. The van der Waals surface area contributed by atoms with Gasteiger partial charge in [-0.2, -0.15) is 0 Å². The number of methoxy groups -OCH3 is 3.